The summed E-state index contributed by atoms with van der Waals surface area (Å²) < 4.78 is 0.458. The number of thioether (sulfide) groups is 1. The van der Waals surface area contributed by atoms with Gasteiger partial charge in [-0.05, 0) is 23.8 Å². The van der Waals surface area contributed by atoms with Gasteiger partial charge in [0, 0.05) is 6.07 Å². The number of carbonyl (C=O) groups excluding carboxylic acids is 1. The van der Waals surface area contributed by atoms with E-state index in [2.05, 4.69) is 0 Å². The van der Waals surface area contributed by atoms with E-state index in [1.165, 1.54) is 22.7 Å². The zero-order valence-corrected chi connectivity index (χ0v) is 13.7. The van der Waals surface area contributed by atoms with Crippen LogP contribution in [0.5, 0.6) is 5.75 Å². The summed E-state index contributed by atoms with van der Waals surface area (Å²) in [6.45, 7) is 0. The lowest BCUT2D eigenvalue weighted by Crippen LogP contribution is -2.27. The number of amides is 1. The standard InChI is InChI=1S/C18H13NO2S2/c20-15-10-5-9-14(12-15)19-17(21)16(23-18(19)22)11-4-8-13-6-2-1-3-7-13/h1-12,20H/b8-4+,16-11-. The molecule has 3 nitrogen and oxygen atoms in total. The van der Waals surface area contributed by atoms with Crippen LogP contribution in [0.3, 0.4) is 0 Å². The van der Waals surface area contributed by atoms with Crippen molar-refractivity contribution >= 4 is 46.0 Å². The lowest BCUT2D eigenvalue weighted by Gasteiger charge is -2.14. The molecule has 1 heterocycles. The van der Waals surface area contributed by atoms with E-state index in [9.17, 15) is 9.90 Å². The second-order valence-electron chi connectivity index (χ2n) is 4.83. The maximum absolute atomic E-state index is 12.5. The molecule has 0 aromatic heterocycles. The van der Waals surface area contributed by atoms with Crippen molar-refractivity contribution in [3.8, 4) is 5.75 Å². The molecular weight excluding hydrogens is 326 g/mol. The van der Waals surface area contributed by atoms with E-state index in [4.69, 9.17) is 12.2 Å². The Bertz CT molecular complexity index is 813. The molecule has 1 N–H and O–H groups in total. The van der Waals surface area contributed by atoms with E-state index >= 15 is 0 Å². The normalized spacial score (nSPS) is 16.7. The molecule has 0 saturated carbocycles. The Morgan fingerprint density at radius 3 is 2.61 bits per heavy atom. The summed E-state index contributed by atoms with van der Waals surface area (Å²) in [7, 11) is 0. The number of hydrogen-bond donors (Lipinski definition) is 1. The van der Waals surface area contributed by atoms with Gasteiger partial charge in [0.25, 0.3) is 5.91 Å². The minimum absolute atomic E-state index is 0.101. The van der Waals surface area contributed by atoms with Crippen LogP contribution in [0, 0.1) is 0 Å². The van der Waals surface area contributed by atoms with Crippen molar-refractivity contribution in [3.63, 3.8) is 0 Å². The van der Waals surface area contributed by atoms with Gasteiger partial charge in [0.15, 0.2) is 4.32 Å². The maximum atomic E-state index is 12.5. The first-order valence-electron chi connectivity index (χ1n) is 6.94. The van der Waals surface area contributed by atoms with Crippen LogP contribution < -0.4 is 4.90 Å². The van der Waals surface area contributed by atoms with E-state index in [1.807, 2.05) is 42.5 Å². The second-order valence-corrected chi connectivity index (χ2v) is 6.50. The van der Waals surface area contributed by atoms with E-state index in [1.54, 1.807) is 24.3 Å². The van der Waals surface area contributed by atoms with Crippen LogP contribution in [0.25, 0.3) is 6.08 Å². The maximum Gasteiger partial charge on any atom is 0.270 e. The molecule has 23 heavy (non-hydrogen) atoms. The number of phenols is 1. The molecule has 0 radical (unpaired) electrons. The van der Waals surface area contributed by atoms with Crippen molar-refractivity contribution in [2.75, 3.05) is 4.90 Å². The molecule has 0 unspecified atom stereocenters. The largest absolute Gasteiger partial charge is 0.508 e. The molecule has 1 aliphatic heterocycles. The third-order valence-corrected chi connectivity index (χ3v) is 4.54. The topological polar surface area (TPSA) is 40.5 Å². The number of hydrogen-bond acceptors (Lipinski definition) is 4. The lowest BCUT2D eigenvalue weighted by atomic mass is 10.2. The van der Waals surface area contributed by atoms with E-state index < -0.39 is 0 Å². The summed E-state index contributed by atoms with van der Waals surface area (Å²) in [5, 5.41) is 9.57. The minimum Gasteiger partial charge on any atom is -0.508 e. The SMILES string of the molecule is O=C1/C(=C/C=C/c2ccccc2)SC(=S)N1c1cccc(O)c1. The summed E-state index contributed by atoms with van der Waals surface area (Å²) in [6, 6.07) is 16.4. The van der Waals surface area contributed by atoms with Crippen LogP contribution >= 0.6 is 24.0 Å². The molecule has 1 fully saturated rings. The number of phenolic OH excluding ortho intramolecular Hbond substituents is 1. The molecule has 1 amide bonds. The van der Waals surface area contributed by atoms with E-state index in [0.717, 1.165) is 5.56 Å². The van der Waals surface area contributed by atoms with Gasteiger partial charge in [-0.2, -0.15) is 0 Å². The van der Waals surface area contributed by atoms with Gasteiger partial charge >= 0.3 is 0 Å². The Labute approximate surface area is 143 Å². The van der Waals surface area contributed by atoms with Crippen molar-refractivity contribution in [2.45, 2.75) is 0 Å². The zero-order chi connectivity index (χ0) is 16.2. The summed E-state index contributed by atoms with van der Waals surface area (Å²) in [4.78, 5) is 14.5. The molecular formula is C18H13NO2S2. The number of aromatic hydroxyl groups is 1. The zero-order valence-electron chi connectivity index (χ0n) is 12.0. The molecule has 0 spiro atoms. The molecule has 1 aliphatic rings. The Kier molecular flexibility index (Phi) is 4.60. The van der Waals surface area contributed by atoms with Crippen LogP contribution in [-0.4, -0.2) is 15.3 Å². The highest BCUT2D eigenvalue weighted by Gasteiger charge is 2.32. The Balaban J connectivity index is 1.81. The molecule has 5 heteroatoms. The second kappa shape index (κ2) is 6.81. The quantitative estimate of drug-likeness (QED) is 0.666. The van der Waals surface area contributed by atoms with Crippen LogP contribution in [0.1, 0.15) is 5.56 Å². The number of allylic oxidation sites excluding steroid dienone is 2. The predicted molar refractivity (Wildman–Crippen MR) is 99.3 cm³/mol. The van der Waals surface area contributed by atoms with E-state index in [-0.39, 0.29) is 11.7 Å². The molecule has 2 aromatic carbocycles. The molecule has 3 rings (SSSR count). The van der Waals surface area contributed by atoms with Crippen molar-refractivity contribution < 1.29 is 9.90 Å². The number of thiocarbonyl (C=S) groups is 1. The van der Waals surface area contributed by atoms with Gasteiger partial charge in [0.2, 0.25) is 0 Å². The summed E-state index contributed by atoms with van der Waals surface area (Å²) in [5.74, 6) is -0.0761. The summed E-state index contributed by atoms with van der Waals surface area (Å²) in [6.07, 6.45) is 5.53. The Morgan fingerprint density at radius 2 is 1.87 bits per heavy atom. The molecule has 0 bridgehead atoms. The number of nitrogens with zero attached hydrogens (tertiary/aromatic N) is 1. The van der Waals surface area contributed by atoms with Crippen LogP contribution in [-0.2, 0) is 4.79 Å². The summed E-state index contributed by atoms with van der Waals surface area (Å²) >= 11 is 6.54. The van der Waals surface area contributed by atoms with E-state index in [0.29, 0.717) is 14.9 Å². The third-order valence-electron chi connectivity index (χ3n) is 3.22. The molecule has 114 valence electrons. The van der Waals surface area contributed by atoms with Gasteiger partial charge in [-0.3, -0.25) is 9.69 Å². The molecule has 0 atom stereocenters. The van der Waals surface area contributed by atoms with Crippen molar-refractivity contribution in [1.29, 1.82) is 0 Å². The van der Waals surface area contributed by atoms with Crippen molar-refractivity contribution in [1.82, 2.24) is 0 Å². The smallest absolute Gasteiger partial charge is 0.270 e. The first kappa shape index (κ1) is 15.5. The van der Waals surface area contributed by atoms with Gasteiger partial charge in [-0.25, -0.2) is 0 Å². The fourth-order valence-corrected chi connectivity index (χ4v) is 3.40. The van der Waals surface area contributed by atoms with Gasteiger partial charge in [0.1, 0.15) is 5.75 Å². The lowest BCUT2D eigenvalue weighted by molar-refractivity contribution is -0.113. The van der Waals surface area contributed by atoms with Gasteiger partial charge in [0.05, 0.1) is 10.6 Å². The Hall–Kier alpha value is -2.37. The summed E-state index contributed by atoms with van der Waals surface area (Å²) in [5.41, 5.74) is 1.63. The fourth-order valence-electron chi connectivity index (χ4n) is 2.15. The van der Waals surface area contributed by atoms with Crippen LogP contribution in [0.4, 0.5) is 5.69 Å². The van der Waals surface area contributed by atoms with Crippen molar-refractivity contribution in [2.24, 2.45) is 0 Å². The number of carbonyl (C=O) groups is 1. The van der Waals surface area contributed by atoms with Crippen LogP contribution in [0.15, 0.2) is 71.7 Å². The number of benzene rings is 2. The predicted octanol–water partition coefficient (Wildman–Crippen LogP) is 4.35. The average molecular weight is 339 g/mol. The monoisotopic (exact) mass is 339 g/mol. The van der Waals surface area contributed by atoms with Crippen LogP contribution in [0.2, 0.25) is 0 Å². The minimum atomic E-state index is -0.177. The van der Waals surface area contributed by atoms with Gasteiger partial charge in [-0.1, -0.05) is 72.5 Å². The number of anilines is 1. The highest BCUT2D eigenvalue weighted by molar-refractivity contribution is 8.27. The molecule has 0 aliphatic carbocycles. The average Bonchev–Trinajstić information content (AvgIpc) is 2.82. The number of rotatable bonds is 3. The van der Waals surface area contributed by atoms with Gasteiger partial charge < -0.3 is 5.11 Å². The van der Waals surface area contributed by atoms with Crippen molar-refractivity contribution in [3.05, 3.63) is 77.2 Å². The molecule has 1 saturated heterocycles. The first-order chi connectivity index (χ1) is 11.1. The first-order valence-corrected chi connectivity index (χ1v) is 8.16. The third kappa shape index (κ3) is 3.52. The fraction of sp³-hybridized carbons (Fsp3) is 0. The molecule has 2 aromatic rings. The van der Waals surface area contributed by atoms with Gasteiger partial charge in [-0.15, -0.1) is 0 Å². The highest BCUT2D eigenvalue weighted by atomic mass is 32.2. The highest BCUT2D eigenvalue weighted by Crippen LogP contribution is 2.35. The Morgan fingerprint density at radius 1 is 1.09 bits per heavy atom.